The van der Waals surface area contributed by atoms with Crippen molar-refractivity contribution in [3.05, 3.63) is 12.2 Å². The first-order valence-electron chi connectivity index (χ1n) is 5.97. The lowest BCUT2D eigenvalue weighted by Gasteiger charge is -2.24. The van der Waals surface area contributed by atoms with Crippen molar-refractivity contribution in [2.75, 3.05) is 26.7 Å². The Balaban J connectivity index is 2.38. The van der Waals surface area contributed by atoms with Crippen LogP contribution in [0.5, 0.6) is 0 Å². The summed E-state index contributed by atoms with van der Waals surface area (Å²) in [5.74, 6) is 0.699. The van der Waals surface area contributed by atoms with Gasteiger partial charge in [-0.2, -0.15) is 0 Å². The summed E-state index contributed by atoms with van der Waals surface area (Å²) in [6, 6.07) is 0. The van der Waals surface area contributed by atoms with E-state index in [-0.39, 0.29) is 5.91 Å². The van der Waals surface area contributed by atoms with Crippen molar-refractivity contribution in [2.24, 2.45) is 11.3 Å². The predicted molar refractivity (Wildman–Crippen MR) is 67.2 cm³/mol. The molecule has 0 saturated carbocycles. The molecule has 0 aromatic carbocycles. The average Bonchev–Trinajstić information content (AvgIpc) is 2.60. The van der Waals surface area contributed by atoms with Crippen LogP contribution in [-0.4, -0.2) is 37.5 Å². The van der Waals surface area contributed by atoms with Gasteiger partial charge in [-0.1, -0.05) is 12.2 Å². The van der Waals surface area contributed by atoms with Crippen LogP contribution in [0.3, 0.4) is 0 Å². The highest BCUT2D eigenvalue weighted by atomic mass is 16.2. The van der Waals surface area contributed by atoms with E-state index in [1.165, 1.54) is 6.42 Å². The van der Waals surface area contributed by atoms with Crippen LogP contribution in [0, 0.1) is 11.3 Å². The quantitative estimate of drug-likeness (QED) is 0.737. The number of likely N-dealkylation sites (tertiary alicyclic amines) is 1. The van der Waals surface area contributed by atoms with Crippen molar-refractivity contribution in [1.29, 1.82) is 0 Å². The number of nitrogens with one attached hydrogen (secondary N) is 1. The van der Waals surface area contributed by atoms with Gasteiger partial charge in [-0.25, -0.2) is 0 Å². The first-order chi connectivity index (χ1) is 7.34. The zero-order valence-corrected chi connectivity index (χ0v) is 11.0. The third kappa shape index (κ3) is 3.08. The molecule has 0 radical (unpaired) electrons. The number of hydrogen-bond donors (Lipinski definition) is 1. The van der Waals surface area contributed by atoms with Crippen LogP contribution in [-0.2, 0) is 4.79 Å². The van der Waals surface area contributed by atoms with Gasteiger partial charge in [-0.15, -0.1) is 0 Å². The number of nitrogens with zero attached hydrogens (tertiary/aromatic N) is 1. The van der Waals surface area contributed by atoms with E-state index in [2.05, 4.69) is 23.8 Å². The first kappa shape index (κ1) is 13.2. The molecule has 0 unspecified atom stereocenters. The fourth-order valence-corrected chi connectivity index (χ4v) is 1.84. The molecule has 0 bridgehead atoms. The van der Waals surface area contributed by atoms with Crippen LogP contribution in [0.15, 0.2) is 12.2 Å². The molecule has 0 aromatic rings. The molecule has 92 valence electrons. The lowest BCUT2D eigenvalue weighted by molar-refractivity contribution is -0.127. The van der Waals surface area contributed by atoms with Gasteiger partial charge < -0.3 is 10.2 Å². The van der Waals surface area contributed by atoms with Crippen molar-refractivity contribution in [1.82, 2.24) is 10.2 Å². The summed E-state index contributed by atoms with van der Waals surface area (Å²) in [7, 11) is 2.12. The van der Waals surface area contributed by atoms with Crippen molar-refractivity contribution < 1.29 is 4.79 Å². The summed E-state index contributed by atoms with van der Waals surface area (Å²) in [4.78, 5) is 14.3. The maximum Gasteiger partial charge on any atom is 0.229 e. The molecule has 1 aliphatic heterocycles. The third-order valence-corrected chi connectivity index (χ3v) is 3.67. The van der Waals surface area contributed by atoms with E-state index in [1.807, 2.05) is 20.8 Å². The Morgan fingerprint density at radius 3 is 2.62 bits per heavy atom. The molecule has 1 N–H and O–H groups in total. The maximum atomic E-state index is 12.0. The SMILES string of the molecule is C=C(C)C(C)(C)C(=O)NC[C@@H]1CCN(C)C1. The molecule has 0 spiro atoms. The van der Waals surface area contributed by atoms with Crippen LogP contribution in [0.1, 0.15) is 27.2 Å². The van der Waals surface area contributed by atoms with Crippen LogP contribution >= 0.6 is 0 Å². The molecule has 1 amide bonds. The second kappa shape index (κ2) is 5.00. The molecular weight excluding hydrogens is 200 g/mol. The Kier molecular flexibility index (Phi) is 4.14. The minimum absolute atomic E-state index is 0.0922. The van der Waals surface area contributed by atoms with Crippen molar-refractivity contribution >= 4 is 5.91 Å². The summed E-state index contributed by atoms with van der Waals surface area (Å²) in [6.45, 7) is 12.6. The molecule has 1 rings (SSSR count). The van der Waals surface area contributed by atoms with E-state index in [9.17, 15) is 4.79 Å². The molecule has 0 aliphatic carbocycles. The summed E-state index contributed by atoms with van der Waals surface area (Å²) in [5, 5.41) is 3.04. The third-order valence-electron chi connectivity index (χ3n) is 3.67. The fourth-order valence-electron chi connectivity index (χ4n) is 1.84. The average molecular weight is 224 g/mol. The minimum Gasteiger partial charge on any atom is -0.355 e. The lowest BCUT2D eigenvalue weighted by Crippen LogP contribution is -2.40. The monoisotopic (exact) mass is 224 g/mol. The molecule has 16 heavy (non-hydrogen) atoms. The second-order valence-corrected chi connectivity index (χ2v) is 5.53. The van der Waals surface area contributed by atoms with Gasteiger partial charge in [-0.05, 0) is 46.7 Å². The van der Waals surface area contributed by atoms with Gasteiger partial charge in [0.2, 0.25) is 5.91 Å². The second-order valence-electron chi connectivity index (χ2n) is 5.53. The van der Waals surface area contributed by atoms with Gasteiger partial charge in [0.15, 0.2) is 0 Å². The fraction of sp³-hybridized carbons (Fsp3) is 0.769. The van der Waals surface area contributed by atoms with Crippen molar-refractivity contribution in [3.8, 4) is 0 Å². The Bertz CT molecular complexity index is 284. The van der Waals surface area contributed by atoms with Crippen LogP contribution < -0.4 is 5.32 Å². The molecule has 0 aromatic heterocycles. The Morgan fingerprint density at radius 2 is 2.19 bits per heavy atom. The van der Waals surface area contributed by atoms with E-state index in [4.69, 9.17) is 0 Å². The molecule has 3 heteroatoms. The molecular formula is C13H24N2O. The first-order valence-corrected chi connectivity index (χ1v) is 5.97. The largest absolute Gasteiger partial charge is 0.355 e. The Labute approximate surface area is 98.9 Å². The van der Waals surface area contributed by atoms with E-state index < -0.39 is 5.41 Å². The Morgan fingerprint density at radius 1 is 1.56 bits per heavy atom. The standard InChI is InChI=1S/C13H24N2O/c1-10(2)13(3,4)12(16)14-8-11-6-7-15(5)9-11/h11H,1,6-9H2,2-5H3,(H,14,16)/t11-/m0/s1. The zero-order chi connectivity index (χ0) is 12.3. The van der Waals surface area contributed by atoms with Gasteiger partial charge in [0, 0.05) is 13.1 Å². The molecule has 1 heterocycles. The normalized spacial score (nSPS) is 22.1. The van der Waals surface area contributed by atoms with E-state index in [0.29, 0.717) is 5.92 Å². The van der Waals surface area contributed by atoms with E-state index in [1.54, 1.807) is 0 Å². The molecule has 1 aliphatic rings. The van der Waals surface area contributed by atoms with Gasteiger partial charge in [0.25, 0.3) is 0 Å². The summed E-state index contributed by atoms with van der Waals surface area (Å²) in [6.07, 6.45) is 1.18. The molecule has 3 nitrogen and oxygen atoms in total. The smallest absolute Gasteiger partial charge is 0.229 e. The summed E-state index contributed by atoms with van der Waals surface area (Å²) in [5.41, 5.74) is 0.457. The molecule has 1 atom stereocenters. The number of hydrogen-bond acceptors (Lipinski definition) is 2. The summed E-state index contributed by atoms with van der Waals surface area (Å²) >= 11 is 0. The molecule has 1 saturated heterocycles. The van der Waals surface area contributed by atoms with Crippen molar-refractivity contribution in [3.63, 3.8) is 0 Å². The van der Waals surface area contributed by atoms with Gasteiger partial charge >= 0.3 is 0 Å². The topological polar surface area (TPSA) is 32.3 Å². The minimum atomic E-state index is -0.454. The van der Waals surface area contributed by atoms with Gasteiger partial charge in [0.1, 0.15) is 0 Å². The summed E-state index contributed by atoms with van der Waals surface area (Å²) < 4.78 is 0. The van der Waals surface area contributed by atoms with E-state index in [0.717, 1.165) is 25.2 Å². The number of rotatable bonds is 4. The highest BCUT2D eigenvalue weighted by molar-refractivity contribution is 5.84. The Hall–Kier alpha value is -0.830. The number of amides is 1. The van der Waals surface area contributed by atoms with Gasteiger partial charge in [-0.3, -0.25) is 4.79 Å². The van der Waals surface area contributed by atoms with Crippen LogP contribution in [0.4, 0.5) is 0 Å². The maximum absolute atomic E-state index is 12.0. The van der Waals surface area contributed by atoms with Gasteiger partial charge in [0.05, 0.1) is 5.41 Å². The lowest BCUT2D eigenvalue weighted by atomic mass is 9.85. The van der Waals surface area contributed by atoms with Crippen molar-refractivity contribution in [2.45, 2.75) is 27.2 Å². The highest BCUT2D eigenvalue weighted by Crippen LogP contribution is 2.24. The molecule has 1 fully saturated rings. The number of carbonyl (C=O) groups excluding carboxylic acids is 1. The number of carbonyl (C=O) groups is 1. The van der Waals surface area contributed by atoms with Crippen LogP contribution in [0.25, 0.3) is 0 Å². The zero-order valence-electron chi connectivity index (χ0n) is 11.0. The highest BCUT2D eigenvalue weighted by Gasteiger charge is 2.29. The predicted octanol–water partition coefficient (Wildman–Crippen LogP) is 1.66. The van der Waals surface area contributed by atoms with E-state index >= 15 is 0 Å². The van der Waals surface area contributed by atoms with Crippen LogP contribution in [0.2, 0.25) is 0 Å².